The molecule has 0 N–H and O–H groups in total. The second kappa shape index (κ2) is 4.80. The molecule has 0 amide bonds. The maximum absolute atomic E-state index is 12.7. The Morgan fingerprint density at radius 1 is 0.955 bits per heavy atom. The lowest BCUT2D eigenvalue weighted by Gasteiger charge is -2.09. The molecule has 22 heavy (non-hydrogen) atoms. The average Bonchev–Trinajstić information content (AvgIpc) is 3.07. The molecule has 1 atom stereocenters. The molecule has 2 aromatic carbocycles. The Bertz CT molecular complexity index is 787. The SMILES string of the molecule is COc1ccc(C2Cc3cc4c(cc3C2=O)CCC4=O)cc1. The van der Waals surface area contributed by atoms with E-state index in [2.05, 4.69) is 0 Å². The summed E-state index contributed by atoms with van der Waals surface area (Å²) in [7, 11) is 1.63. The number of carbonyl (C=O) groups excluding carboxylic acids is 2. The van der Waals surface area contributed by atoms with Gasteiger partial charge in [-0.3, -0.25) is 9.59 Å². The number of rotatable bonds is 2. The number of methoxy groups -OCH3 is 1. The molecule has 110 valence electrons. The van der Waals surface area contributed by atoms with E-state index < -0.39 is 0 Å². The van der Waals surface area contributed by atoms with Gasteiger partial charge in [-0.15, -0.1) is 0 Å². The second-order valence-corrected chi connectivity index (χ2v) is 5.98. The van der Waals surface area contributed by atoms with Gasteiger partial charge in [0.25, 0.3) is 0 Å². The Morgan fingerprint density at radius 2 is 1.68 bits per heavy atom. The number of benzene rings is 2. The smallest absolute Gasteiger partial charge is 0.170 e. The third kappa shape index (κ3) is 1.89. The summed E-state index contributed by atoms with van der Waals surface area (Å²) in [5.74, 6) is 1.02. The van der Waals surface area contributed by atoms with Gasteiger partial charge in [0.1, 0.15) is 5.75 Å². The summed E-state index contributed by atoms with van der Waals surface area (Å²) in [5.41, 5.74) is 4.68. The molecule has 0 fully saturated rings. The molecular weight excluding hydrogens is 276 g/mol. The molecule has 0 spiro atoms. The van der Waals surface area contributed by atoms with E-state index >= 15 is 0 Å². The monoisotopic (exact) mass is 292 g/mol. The molecule has 4 rings (SSSR count). The number of hydrogen-bond acceptors (Lipinski definition) is 3. The third-order valence-corrected chi connectivity index (χ3v) is 4.78. The van der Waals surface area contributed by atoms with Gasteiger partial charge >= 0.3 is 0 Å². The van der Waals surface area contributed by atoms with Gasteiger partial charge in [0.2, 0.25) is 0 Å². The van der Waals surface area contributed by atoms with Crippen LogP contribution in [0, 0.1) is 0 Å². The number of carbonyl (C=O) groups is 2. The maximum atomic E-state index is 12.7. The topological polar surface area (TPSA) is 43.4 Å². The van der Waals surface area contributed by atoms with E-state index in [1.54, 1.807) is 7.11 Å². The fourth-order valence-electron chi connectivity index (χ4n) is 3.54. The predicted octanol–water partition coefficient (Wildman–Crippen LogP) is 3.35. The number of Topliss-reactive ketones (excluding diaryl/α,β-unsaturated/α-hetero) is 2. The lowest BCUT2D eigenvalue weighted by molar-refractivity contribution is 0.0970. The Balaban J connectivity index is 1.71. The highest BCUT2D eigenvalue weighted by molar-refractivity contribution is 6.08. The Labute approximate surface area is 128 Å². The Hall–Kier alpha value is -2.42. The lowest BCUT2D eigenvalue weighted by atomic mass is 9.95. The minimum atomic E-state index is -0.140. The van der Waals surface area contributed by atoms with E-state index in [-0.39, 0.29) is 17.5 Å². The molecule has 0 aliphatic heterocycles. The van der Waals surface area contributed by atoms with Crippen molar-refractivity contribution in [1.82, 2.24) is 0 Å². The van der Waals surface area contributed by atoms with Crippen LogP contribution in [0.5, 0.6) is 5.75 Å². The molecule has 2 aliphatic rings. The number of hydrogen-bond donors (Lipinski definition) is 0. The molecule has 2 aliphatic carbocycles. The highest BCUT2D eigenvalue weighted by atomic mass is 16.5. The van der Waals surface area contributed by atoms with Crippen LogP contribution in [0.3, 0.4) is 0 Å². The second-order valence-electron chi connectivity index (χ2n) is 5.98. The van der Waals surface area contributed by atoms with Crippen molar-refractivity contribution in [2.45, 2.75) is 25.2 Å². The molecule has 0 aromatic heterocycles. The van der Waals surface area contributed by atoms with Gasteiger partial charge in [0.05, 0.1) is 13.0 Å². The first-order valence-electron chi connectivity index (χ1n) is 7.54. The van der Waals surface area contributed by atoms with Gasteiger partial charge < -0.3 is 4.74 Å². The number of fused-ring (bicyclic) bond motifs is 2. The van der Waals surface area contributed by atoms with Crippen LogP contribution in [-0.2, 0) is 12.8 Å². The first-order valence-corrected chi connectivity index (χ1v) is 7.54. The Morgan fingerprint density at radius 3 is 2.41 bits per heavy atom. The van der Waals surface area contributed by atoms with Crippen molar-refractivity contribution >= 4 is 11.6 Å². The molecule has 3 heteroatoms. The largest absolute Gasteiger partial charge is 0.497 e. The van der Waals surface area contributed by atoms with Crippen LogP contribution in [-0.4, -0.2) is 18.7 Å². The van der Waals surface area contributed by atoms with Crippen LogP contribution in [0.4, 0.5) is 0 Å². The van der Waals surface area contributed by atoms with Gasteiger partial charge in [-0.2, -0.15) is 0 Å². The molecule has 0 radical (unpaired) electrons. The highest BCUT2D eigenvalue weighted by Crippen LogP contribution is 2.37. The zero-order valence-corrected chi connectivity index (χ0v) is 12.4. The molecular formula is C19H16O3. The number of aryl methyl sites for hydroxylation is 1. The fraction of sp³-hybridized carbons (Fsp3) is 0.263. The standard InChI is InChI=1S/C19H16O3/c1-22-14-5-2-11(3-6-14)16-10-13-9-15-12(4-7-18(15)20)8-17(13)19(16)21/h2-3,5-6,8-9,16H,4,7,10H2,1H3. The van der Waals surface area contributed by atoms with Crippen molar-refractivity contribution in [2.75, 3.05) is 7.11 Å². The fourth-order valence-corrected chi connectivity index (χ4v) is 3.54. The zero-order valence-electron chi connectivity index (χ0n) is 12.4. The van der Waals surface area contributed by atoms with Gasteiger partial charge in [0.15, 0.2) is 11.6 Å². The number of ketones is 2. The van der Waals surface area contributed by atoms with Crippen LogP contribution in [0.25, 0.3) is 0 Å². The van der Waals surface area contributed by atoms with Gasteiger partial charge in [-0.05, 0) is 53.8 Å². The van der Waals surface area contributed by atoms with Crippen LogP contribution in [0.1, 0.15) is 49.7 Å². The summed E-state index contributed by atoms with van der Waals surface area (Å²) in [6.07, 6.45) is 2.03. The van der Waals surface area contributed by atoms with E-state index in [0.29, 0.717) is 12.8 Å². The third-order valence-electron chi connectivity index (χ3n) is 4.78. The minimum absolute atomic E-state index is 0.140. The summed E-state index contributed by atoms with van der Waals surface area (Å²) in [5, 5.41) is 0. The average molecular weight is 292 g/mol. The van der Waals surface area contributed by atoms with Crippen molar-refractivity contribution in [3.05, 3.63) is 64.2 Å². The summed E-state index contributed by atoms with van der Waals surface area (Å²) in [6, 6.07) is 11.6. The molecule has 2 aromatic rings. The van der Waals surface area contributed by atoms with Crippen molar-refractivity contribution in [3.63, 3.8) is 0 Å². The van der Waals surface area contributed by atoms with E-state index in [1.807, 2.05) is 36.4 Å². The lowest BCUT2D eigenvalue weighted by Crippen LogP contribution is -2.07. The van der Waals surface area contributed by atoms with E-state index in [9.17, 15) is 9.59 Å². The van der Waals surface area contributed by atoms with E-state index in [0.717, 1.165) is 40.0 Å². The first-order chi connectivity index (χ1) is 10.7. The first kappa shape index (κ1) is 13.3. The van der Waals surface area contributed by atoms with Gasteiger partial charge in [0, 0.05) is 17.5 Å². The van der Waals surface area contributed by atoms with E-state index in [4.69, 9.17) is 4.74 Å². The summed E-state index contributed by atoms with van der Waals surface area (Å²) < 4.78 is 5.16. The van der Waals surface area contributed by atoms with Gasteiger partial charge in [-0.25, -0.2) is 0 Å². The molecule has 0 saturated heterocycles. The van der Waals surface area contributed by atoms with Crippen LogP contribution < -0.4 is 4.74 Å². The molecule has 1 unspecified atom stereocenters. The van der Waals surface area contributed by atoms with Crippen LogP contribution >= 0.6 is 0 Å². The predicted molar refractivity (Wildman–Crippen MR) is 82.9 cm³/mol. The van der Waals surface area contributed by atoms with Crippen molar-refractivity contribution < 1.29 is 14.3 Å². The zero-order chi connectivity index (χ0) is 15.3. The minimum Gasteiger partial charge on any atom is -0.497 e. The Kier molecular flexibility index (Phi) is 2.89. The summed E-state index contributed by atoms with van der Waals surface area (Å²) in [6.45, 7) is 0. The summed E-state index contributed by atoms with van der Waals surface area (Å²) in [4.78, 5) is 24.6. The van der Waals surface area contributed by atoms with Crippen molar-refractivity contribution in [2.24, 2.45) is 0 Å². The van der Waals surface area contributed by atoms with Crippen LogP contribution in [0.2, 0.25) is 0 Å². The molecule has 0 heterocycles. The summed E-state index contributed by atoms with van der Waals surface area (Å²) >= 11 is 0. The van der Waals surface area contributed by atoms with E-state index in [1.165, 1.54) is 0 Å². The molecule has 3 nitrogen and oxygen atoms in total. The molecule has 0 bridgehead atoms. The maximum Gasteiger partial charge on any atom is 0.170 e. The van der Waals surface area contributed by atoms with Crippen molar-refractivity contribution in [1.29, 1.82) is 0 Å². The highest BCUT2D eigenvalue weighted by Gasteiger charge is 2.34. The van der Waals surface area contributed by atoms with Gasteiger partial charge in [-0.1, -0.05) is 12.1 Å². The van der Waals surface area contributed by atoms with Crippen molar-refractivity contribution in [3.8, 4) is 5.75 Å². The number of ether oxygens (including phenoxy) is 1. The molecule has 0 saturated carbocycles. The quantitative estimate of drug-likeness (QED) is 0.852. The normalized spacial score (nSPS) is 19.2. The van der Waals surface area contributed by atoms with Crippen LogP contribution in [0.15, 0.2) is 36.4 Å².